The maximum Gasteiger partial charge on any atom is 0.326 e. The number of benzene rings is 1. The minimum Gasteiger partial charge on any atom is -0.480 e. The molecule has 1 unspecified atom stereocenters. The lowest BCUT2D eigenvalue weighted by atomic mass is 10.0. The van der Waals surface area contributed by atoms with Crippen molar-refractivity contribution in [2.45, 2.75) is 26.3 Å². The van der Waals surface area contributed by atoms with Gasteiger partial charge in [-0.2, -0.15) is 0 Å². The first-order valence-electron chi connectivity index (χ1n) is 5.80. The van der Waals surface area contributed by atoms with Crippen molar-refractivity contribution in [2.75, 3.05) is 0 Å². The van der Waals surface area contributed by atoms with E-state index < -0.39 is 12.0 Å². The molecule has 6 heteroatoms. The van der Waals surface area contributed by atoms with Gasteiger partial charge in [-0.05, 0) is 53.1 Å². The quantitative estimate of drug-likeness (QED) is 0.692. The van der Waals surface area contributed by atoms with E-state index in [0.29, 0.717) is 12.0 Å². The fraction of sp³-hybridized carbons (Fsp3) is 0.385. The maximum absolute atomic E-state index is 12.1. The number of aliphatic carboxylic acids is 1. The van der Waals surface area contributed by atoms with Gasteiger partial charge in [-0.15, -0.1) is 0 Å². The van der Waals surface area contributed by atoms with Crippen molar-refractivity contribution in [1.82, 2.24) is 5.32 Å². The molecule has 0 aliphatic rings. The molecule has 104 valence electrons. The van der Waals surface area contributed by atoms with E-state index in [0.717, 1.165) is 8.04 Å². The highest BCUT2D eigenvalue weighted by Gasteiger charge is 2.22. The van der Waals surface area contributed by atoms with Gasteiger partial charge in [0.05, 0.1) is 5.56 Å². The van der Waals surface area contributed by atoms with Crippen LogP contribution in [0.25, 0.3) is 0 Å². The number of hydrogen-bond donors (Lipinski definition) is 2. The molecule has 1 atom stereocenters. The molecular weight excluding hydrogens is 425 g/mol. The molecule has 0 radical (unpaired) electrons. The average molecular weight is 440 g/mol. The van der Waals surface area contributed by atoms with Gasteiger partial charge in [-0.25, -0.2) is 4.79 Å². The van der Waals surface area contributed by atoms with Crippen LogP contribution in [0, 0.1) is 9.49 Å². The average Bonchev–Trinajstić information content (AvgIpc) is 2.30. The molecule has 1 amide bonds. The number of nitrogens with one attached hydrogen (secondary N) is 1. The zero-order chi connectivity index (χ0) is 14.6. The predicted molar refractivity (Wildman–Crippen MR) is 85.2 cm³/mol. The molecule has 1 aromatic rings. The highest BCUT2D eigenvalue weighted by Crippen LogP contribution is 2.18. The van der Waals surface area contributed by atoms with E-state index in [1.165, 1.54) is 0 Å². The second-order valence-corrected chi connectivity index (χ2v) is 6.70. The van der Waals surface area contributed by atoms with E-state index >= 15 is 0 Å². The molecule has 0 fully saturated rings. The van der Waals surface area contributed by atoms with E-state index in [1.54, 1.807) is 12.1 Å². The first kappa shape index (κ1) is 16.4. The molecule has 19 heavy (non-hydrogen) atoms. The van der Waals surface area contributed by atoms with Gasteiger partial charge in [-0.1, -0.05) is 29.8 Å². The molecule has 0 bridgehead atoms. The van der Waals surface area contributed by atoms with Crippen molar-refractivity contribution in [3.63, 3.8) is 0 Å². The van der Waals surface area contributed by atoms with Crippen molar-refractivity contribution in [3.8, 4) is 0 Å². The fourth-order valence-electron chi connectivity index (χ4n) is 1.60. The minimum atomic E-state index is -1.01. The van der Waals surface area contributed by atoms with Crippen LogP contribution in [0.4, 0.5) is 0 Å². The summed E-state index contributed by atoms with van der Waals surface area (Å²) in [6, 6.07) is 4.46. The molecule has 4 nitrogen and oxygen atoms in total. The van der Waals surface area contributed by atoms with Crippen LogP contribution in [0.2, 0.25) is 0 Å². The molecule has 0 aliphatic heterocycles. The summed E-state index contributed by atoms with van der Waals surface area (Å²) < 4.78 is 1.57. The van der Waals surface area contributed by atoms with Crippen LogP contribution in [0.1, 0.15) is 30.6 Å². The number of rotatable bonds is 5. The molecule has 0 spiro atoms. The summed E-state index contributed by atoms with van der Waals surface area (Å²) in [6.07, 6.45) is 0.408. The third-order valence-corrected chi connectivity index (χ3v) is 3.92. The Hall–Kier alpha value is -0.630. The van der Waals surface area contributed by atoms with Gasteiger partial charge in [-0.3, -0.25) is 4.79 Å². The number of amides is 1. The zero-order valence-corrected chi connectivity index (χ0v) is 14.4. The van der Waals surface area contributed by atoms with Crippen LogP contribution < -0.4 is 5.32 Å². The van der Waals surface area contributed by atoms with Crippen molar-refractivity contribution >= 4 is 50.4 Å². The van der Waals surface area contributed by atoms with E-state index in [4.69, 9.17) is 5.11 Å². The number of carboxylic acid groups (broad SMARTS) is 1. The zero-order valence-electron chi connectivity index (χ0n) is 10.6. The summed E-state index contributed by atoms with van der Waals surface area (Å²) in [6.45, 7) is 3.84. The second kappa shape index (κ2) is 7.23. The van der Waals surface area contributed by atoms with Gasteiger partial charge < -0.3 is 10.4 Å². The highest BCUT2D eigenvalue weighted by atomic mass is 127. The van der Waals surface area contributed by atoms with Crippen LogP contribution in [0.5, 0.6) is 0 Å². The van der Waals surface area contributed by atoms with E-state index in [2.05, 4.69) is 43.8 Å². The van der Waals surface area contributed by atoms with Crippen molar-refractivity contribution in [2.24, 2.45) is 5.92 Å². The first-order chi connectivity index (χ1) is 8.81. The van der Waals surface area contributed by atoms with Gasteiger partial charge >= 0.3 is 5.97 Å². The van der Waals surface area contributed by atoms with Gasteiger partial charge in [0.2, 0.25) is 0 Å². The molecule has 0 heterocycles. The van der Waals surface area contributed by atoms with Crippen LogP contribution in [0.3, 0.4) is 0 Å². The van der Waals surface area contributed by atoms with Crippen LogP contribution in [0.15, 0.2) is 22.7 Å². The highest BCUT2D eigenvalue weighted by molar-refractivity contribution is 14.1. The first-order valence-corrected chi connectivity index (χ1v) is 7.67. The molecule has 2 N–H and O–H groups in total. The Balaban J connectivity index is 2.87. The van der Waals surface area contributed by atoms with Crippen LogP contribution >= 0.6 is 38.5 Å². The number of hydrogen-bond acceptors (Lipinski definition) is 2. The monoisotopic (exact) mass is 439 g/mol. The lowest BCUT2D eigenvalue weighted by Gasteiger charge is -2.17. The Morgan fingerprint density at radius 3 is 2.58 bits per heavy atom. The second-order valence-electron chi connectivity index (χ2n) is 4.62. The van der Waals surface area contributed by atoms with Gasteiger partial charge in [0.25, 0.3) is 5.91 Å². The fourth-order valence-corrected chi connectivity index (χ4v) is 2.54. The molecule has 0 saturated heterocycles. The molecule has 0 aromatic heterocycles. The Morgan fingerprint density at radius 2 is 2.05 bits per heavy atom. The van der Waals surface area contributed by atoms with E-state index in [9.17, 15) is 9.59 Å². The Morgan fingerprint density at radius 1 is 1.42 bits per heavy atom. The number of halogens is 2. The smallest absolute Gasteiger partial charge is 0.326 e. The van der Waals surface area contributed by atoms with E-state index in [1.807, 2.05) is 19.9 Å². The van der Waals surface area contributed by atoms with Gasteiger partial charge in [0, 0.05) is 8.04 Å². The largest absolute Gasteiger partial charge is 0.480 e. The molecule has 0 aliphatic carbocycles. The van der Waals surface area contributed by atoms with Gasteiger partial charge in [0.15, 0.2) is 0 Å². The number of carboxylic acids is 1. The Labute approximate surface area is 134 Å². The molecular formula is C13H15BrINO3. The lowest BCUT2D eigenvalue weighted by Crippen LogP contribution is -2.41. The third-order valence-electron chi connectivity index (χ3n) is 2.48. The van der Waals surface area contributed by atoms with Crippen LogP contribution in [-0.4, -0.2) is 23.0 Å². The third kappa shape index (κ3) is 5.10. The maximum atomic E-state index is 12.1. The summed E-state index contributed by atoms with van der Waals surface area (Å²) in [5.41, 5.74) is 0.477. The summed E-state index contributed by atoms with van der Waals surface area (Å²) >= 11 is 5.35. The Kier molecular flexibility index (Phi) is 6.25. The summed E-state index contributed by atoms with van der Waals surface area (Å²) in [4.78, 5) is 23.2. The summed E-state index contributed by atoms with van der Waals surface area (Å²) in [5, 5.41) is 11.7. The minimum absolute atomic E-state index is 0.197. The predicted octanol–water partition coefficient (Wildman–Crippen LogP) is 3.28. The normalized spacial score (nSPS) is 12.3. The SMILES string of the molecule is CC(C)CC(NC(=O)c1cc(Br)ccc1I)C(=O)O. The van der Waals surface area contributed by atoms with Crippen molar-refractivity contribution in [3.05, 3.63) is 31.8 Å². The molecule has 0 saturated carbocycles. The summed E-state index contributed by atoms with van der Waals surface area (Å²) in [5.74, 6) is -1.17. The van der Waals surface area contributed by atoms with E-state index in [-0.39, 0.29) is 11.8 Å². The lowest BCUT2D eigenvalue weighted by molar-refractivity contribution is -0.139. The molecule has 1 aromatic carbocycles. The number of carbonyl (C=O) groups is 2. The number of carbonyl (C=O) groups excluding carboxylic acids is 1. The Bertz CT molecular complexity index is 491. The standard InChI is InChI=1S/C13H15BrINO3/c1-7(2)5-11(13(18)19)16-12(17)9-6-8(14)3-4-10(9)15/h3-4,6-7,11H,5H2,1-2H3,(H,16,17)(H,18,19). The van der Waals surface area contributed by atoms with Gasteiger partial charge in [0.1, 0.15) is 6.04 Å². The summed E-state index contributed by atoms with van der Waals surface area (Å²) in [7, 11) is 0. The topological polar surface area (TPSA) is 66.4 Å². The van der Waals surface area contributed by atoms with Crippen molar-refractivity contribution in [1.29, 1.82) is 0 Å². The van der Waals surface area contributed by atoms with Crippen molar-refractivity contribution < 1.29 is 14.7 Å². The van der Waals surface area contributed by atoms with Crippen LogP contribution in [-0.2, 0) is 4.79 Å². The molecule has 1 rings (SSSR count).